The van der Waals surface area contributed by atoms with Gasteiger partial charge in [0, 0.05) is 18.3 Å². The number of rotatable bonds is 1. The summed E-state index contributed by atoms with van der Waals surface area (Å²) in [5.41, 5.74) is 2.36. The Bertz CT molecular complexity index is 646. The van der Waals surface area contributed by atoms with Crippen LogP contribution < -0.4 is 0 Å². The molecule has 0 aromatic carbocycles. The Morgan fingerprint density at radius 1 is 0.960 bits per heavy atom. The fourth-order valence-corrected chi connectivity index (χ4v) is 6.86. The van der Waals surface area contributed by atoms with Gasteiger partial charge in [0.1, 0.15) is 0 Å². The Hall–Kier alpha value is -0.680. The molecular formula is C21H32O4. The van der Waals surface area contributed by atoms with Gasteiger partial charge in [-0.25, -0.2) is 0 Å². The maximum Gasteiger partial charge on any atom is 0.222 e. The van der Waals surface area contributed by atoms with Gasteiger partial charge in [-0.1, -0.05) is 50.5 Å². The Balaban J connectivity index is 1.74. The summed E-state index contributed by atoms with van der Waals surface area (Å²) in [4.78, 5) is 0. The van der Waals surface area contributed by atoms with Crippen LogP contribution in [-0.4, -0.2) is 32.0 Å². The molecule has 0 heterocycles. The van der Waals surface area contributed by atoms with E-state index in [1.807, 2.05) is 6.08 Å². The number of hydrogen-bond acceptors (Lipinski definition) is 4. The second kappa shape index (κ2) is 5.19. The van der Waals surface area contributed by atoms with Crippen molar-refractivity contribution in [2.75, 3.05) is 0 Å². The lowest BCUT2D eigenvalue weighted by Crippen LogP contribution is -2.62. The summed E-state index contributed by atoms with van der Waals surface area (Å²) in [6.07, 6.45) is 10.1. The first-order chi connectivity index (χ1) is 11.6. The maximum atomic E-state index is 10.3. The van der Waals surface area contributed by atoms with Gasteiger partial charge in [-0.2, -0.15) is 0 Å². The average molecular weight is 348 g/mol. The normalized spacial score (nSPS) is 47.2. The number of aliphatic hydroxyl groups is 4. The smallest absolute Gasteiger partial charge is 0.222 e. The van der Waals surface area contributed by atoms with Crippen LogP contribution in [0.4, 0.5) is 0 Å². The van der Waals surface area contributed by atoms with Crippen LogP contribution in [0.25, 0.3) is 0 Å². The first kappa shape index (κ1) is 17.7. The molecule has 25 heavy (non-hydrogen) atoms. The monoisotopic (exact) mass is 348 g/mol. The fourth-order valence-electron chi connectivity index (χ4n) is 6.86. The van der Waals surface area contributed by atoms with E-state index in [2.05, 4.69) is 26.8 Å². The fraction of sp³-hybridized carbons (Fsp3) is 0.810. The van der Waals surface area contributed by atoms with Crippen LogP contribution >= 0.6 is 0 Å². The van der Waals surface area contributed by atoms with Crippen LogP contribution in [0.1, 0.15) is 65.7 Å². The lowest BCUT2D eigenvalue weighted by atomic mass is 9.49. The van der Waals surface area contributed by atoms with E-state index >= 15 is 0 Å². The molecule has 0 unspecified atom stereocenters. The van der Waals surface area contributed by atoms with E-state index in [0.29, 0.717) is 11.3 Å². The standard InChI is InChI=1S/C21H32O4/c1-4-13-6-8-16-15-7-5-14-11-20(22,23)21(24,25)12-19(14,3)17(15)9-10-18(13,16)2/h5,7,13,16-17,22-25H,4,6,8-12H2,1-3H3/t13-,16-,17-,18+,19-/m0/s1. The molecule has 0 aromatic heterocycles. The van der Waals surface area contributed by atoms with Gasteiger partial charge in [-0.15, -0.1) is 0 Å². The summed E-state index contributed by atoms with van der Waals surface area (Å²) < 4.78 is 0. The largest absolute Gasteiger partial charge is 0.361 e. The molecule has 4 aliphatic carbocycles. The molecule has 0 bridgehead atoms. The Kier molecular flexibility index (Phi) is 3.68. The molecule has 0 amide bonds. The highest BCUT2D eigenvalue weighted by molar-refractivity contribution is 5.40. The summed E-state index contributed by atoms with van der Waals surface area (Å²) in [5, 5.41) is 40.9. The summed E-state index contributed by atoms with van der Waals surface area (Å²) in [5.74, 6) is -3.32. The summed E-state index contributed by atoms with van der Waals surface area (Å²) >= 11 is 0. The van der Waals surface area contributed by atoms with Crippen molar-refractivity contribution in [3.63, 3.8) is 0 Å². The Morgan fingerprint density at radius 3 is 2.36 bits per heavy atom. The lowest BCUT2D eigenvalue weighted by Gasteiger charge is -2.57. The second-order valence-corrected chi connectivity index (χ2v) is 9.60. The predicted molar refractivity (Wildman–Crippen MR) is 95.2 cm³/mol. The predicted octanol–water partition coefficient (Wildman–Crippen LogP) is 2.87. The highest BCUT2D eigenvalue weighted by Crippen LogP contribution is 2.66. The van der Waals surface area contributed by atoms with Crippen molar-refractivity contribution >= 4 is 0 Å². The van der Waals surface area contributed by atoms with Crippen molar-refractivity contribution in [3.05, 3.63) is 23.3 Å². The minimum Gasteiger partial charge on any atom is -0.361 e. The van der Waals surface area contributed by atoms with Crippen molar-refractivity contribution in [1.82, 2.24) is 0 Å². The molecule has 3 saturated carbocycles. The van der Waals surface area contributed by atoms with Gasteiger partial charge < -0.3 is 20.4 Å². The average Bonchev–Trinajstić information content (AvgIpc) is 2.85. The molecule has 0 saturated heterocycles. The van der Waals surface area contributed by atoms with E-state index in [1.54, 1.807) is 0 Å². The molecule has 4 aliphatic rings. The minimum atomic E-state index is -2.48. The third-order valence-corrected chi connectivity index (χ3v) is 8.47. The molecule has 0 spiro atoms. The summed E-state index contributed by atoms with van der Waals surface area (Å²) in [6, 6.07) is 0. The molecule has 0 aromatic rings. The molecule has 3 fully saturated rings. The molecule has 0 radical (unpaired) electrons. The van der Waals surface area contributed by atoms with E-state index < -0.39 is 17.0 Å². The zero-order valence-corrected chi connectivity index (χ0v) is 15.6. The SMILES string of the molecule is CC[C@H]1CC[C@H]2C3=CC=C4CC(O)(O)C(O)(O)C[C@]4(C)[C@H]3CC[C@]12C. The molecule has 4 rings (SSSR count). The summed E-state index contributed by atoms with van der Waals surface area (Å²) in [7, 11) is 0. The van der Waals surface area contributed by atoms with Crippen molar-refractivity contribution in [2.24, 2.45) is 28.6 Å². The quantitative estimate of drug-likeness (QED) is 0.549. The molecular weight excluding hydrogens is 316 g/mol. The van der Waals surface area contributed by atoms with Crippen LogP contribution in [0.5, 0.6) is 0 Å². The van der Waals surface area contributed by atoms with Crippen LogP contribution in [0.3, 0.4) is 0 Å². The van der Waals surface area contributed by atoms with Crippen LogP contribution in [-0.2, 0) is 0 Å². The molecule has 4 N–H and O–H groups in total. The van der Waals surface area contributed by atoms with Gasteiger partial charge in [0.2, 0.25) is 11.6 Å². The van der Waals surface area contributed by atoms with Crippen LogP contribution in [0, 0.1) is 28.6 Å². The molecule has 0 aliphatic heterocycles. The van der Waals surface area contributed by atoms with Gasteiger partial charge in [-0.3, -0.25) is 0 Å². The third-order valence-electron chi connectivity index (χ3n) is 8.47. The number of fused-ring (bicyclic) bond motifs is 5. The maximum absolute atomic E-state index is 10.3. The minimum absolute atomic E-state index is 0.0263. The molecule has 4 heteroatoms. The highest BCUT2D eigenvalue weighted by atomic mass is 16.6. The number of hydrogen-bond donors (Lipinski definition) is 4. The highest BCUT2D eigenvalue weighted by Gasteiger charge is 2.62. The van der Waals surface area contributed by atoms with Gasteiger partial charge in [0.25, 0.3) is 0 Å². The van der Waals surface area contributed by atoms with Crippen molar-refractivity contribution in [3.8, 4) is 0 Å². The van der Waals surface area contributed by atoms with Gasteiger partial charge in [0.05, 0.1) is 0 Å². The van der Waals surface area contributed by atoms with Gasteiger partial charge in [0.15, 0.2) is 0 Å². The van der Waals surface area contributed by atoms with Crippen molar-refractivity contribution < 1.29 is 20.4 Å². The first-order valence-electron chi connectivity index (χ1n) is 9.86. The van der Waals surface area contributed by atoms with E-state index in [-0.39, 0.29) is 18.8 Å². The van der Waals surface area contributed by atoms with Gasteiger partial charge >= 0.3 is 0 Å². The molecule has 4 nitrogen and oxygen atoms in total. The first-order valence-corrected chi connectivity index (χ1v) is 9.86. The van der Waals surface area contributed by atoms with E-state index in [9.17, 15) is 20.4 Å². The second-order valence-electron chi connectivity index (χ2n) is 9.60. The zero-order valence-electron chi connectivity index (χ0n) is 15.6. The Labute approximate surface area is 150 Å². The molecule has 5 atom stereocenters. The van der Waals surface area contributed by atoms with Crippen molar-refractivity contribution in [1.29, 1.82) is 0 Å². The lowest BCUT2D eigenvalue weighted by molar-refractivity contribution is -0.375. The topological polar surface area (TPSA) is 80.9 Å². The number of allylic oxidation sites excluding steroid dienone is 3. The van der Waals surface area contributed by atoms with Crippen molar-refractivity contribution in [2.45, 2.75) is 77.3 Å². The van der Waals surface area contributed by atoms with Crippen LogP contribution in [0.2, 0.25) is 0 Å². The zero-order chi connectivity index (χ0) is 18.3. The van der Waals surface area contributed by atoms with E-state index in [1.165, 1.54) is 31.3 Å². The van der Waals surface area contributed by atoms with E-state index in [0.717, 1.165) is 17.9 Å². The van der Waals surface area contributed by atoms with E-state index in [4.69, 9.17) is 0 Å². The van der Waals surface area contributed by atoms with Crippen LogP contribution in [0.15, 0.2) is 23.3 Å². The summed E-state index contributed by atoms with van der Waals surface area (Å²) in [6.45, 7) is 6.84. The van der Waals surface area contributed by atoms with Gasteiger partial charge in [-0.05, 0) is 48.9 Å². The molecule has 140 valence electrons. The Morgan fingerprint density at radius 2 is 1.68 bits per heavy atom. The third kappa shape index (κ3) is 2.21.